The lowest BCUT2D eigenvalue weighted by atomic mass is 10.1. The Morgan fingerprint density at radius 3 is 2.83 bits per heavy atom. The maximum absolute atomic E-state index is 12.1. The number of phenolic OH excluding ortho intramolecular Hbond substituents is 1. The predicted octanol–water partition coefficient (Wildman–Crippen LogP) is 3.65. The number of nitrogens with one attached hydrogen (secondary N) is 2. The minimum absolute atomic E-state index is 0.102. The van der Waals surface area contributed by atoms with E-state index in [2.05, 4.69) is 20.7 Å². The van der Waals surface area contributed by atoms with Crippen molar-refractivity contribution in [3.05, 3.63) is 58.1 Å². The second-order valence-corrected chi connectivity index (χ2v) is 6.64. The largest absolute Gasteiger partial charge is 0.507 e. The molecule has 0 aliphatic carbocycles. The first kappa shape index (κ1) is 16.2. The Balaban J connectivity index is 1.73. The van der Waals surface area contributed by atoms with Crippen LogP contribution in [0, 0.1) is 0 Å². The Labute approximate surface area is 146 Å². The number of H-pyrrole nitrogens is 1. The fourth-order valence-corrected chi connectivity index (χ4v) is 3.06. The third-order valence-corrected chi connectivity index (χ3v) is 4.53. The van der Waals surface area contributed by atoms with Crippen LogP contribution in [0.4, 0.5) is 0 Å². The number of carbonyl (C=O) groups excluding carboxylic acids is 1. The average molecular weight is 361 g/mol. The Hall–Kier alpha value is -2.64. The number of nitrogens with zero attached hydrogens (tertiary/aromatic N) is 2. The van der Waals surface area contributed by atoms with E-state index in [0.29, 0.717) is 21.3 Å². The minimum Gasteiger partial charge on any atom is -0.507 e. The van der Waals surface area contributed by atoms with Crippen molar-refractivity contribution in [3.63, 3.8) is 0 Å². The molecular weight excluding hydrogens is 348 g/mol. The molecule has 0 bridgehead atoms. The summed E-state index contributed by atoms with van der Waals surface area (Å²) in [5.74, 6) is -0.348. The van der Waals surface area contributed by atoms with Crippen LogP contribution >= 0.6 is 22.9 Å². The Kier molecular flexibility index (Phi) is 4.64. The molecule has 6 nitrogen and oxygen atoms in total. The van der Waals surface area contributed by atoms with Gasteiger partial charge in [-0.25, -0.2) is 5.43 Å². The van der Waals surface area contributed by atoms with Crippen molar-refractivity contribution in [2.45, 2.75) is 6.92 Å². The van der Waals surface area contributed by atoms with Gasteiger partial charge in [-0.15, -0.1) is 11.3 Å². The molecule has 0 unspecified atom stereocenters. The molecule has 122 valence electrons. The van der Waals surface area contributed by atoms with Crippen molar-refractivity contribution in [1.29, 1.82) is 0 Å². The molecule has 8 heteroatoms. The summed E-state index contributed by atoms with van der Waals surface area (Å²) >= 11 is 7.29. The molecule has 3 N–H and O–H groups in total. The molecule has 0 radical (unpaired) electrons. The zero-order valence-corrected chi connectivity index (χ0v) is 14.1. The summed E-state index contributed by atoms with van der Waals surface area (Å²) in [6, 6.07) is 12.0. The highest BCUT2D eigenvalue weighted by Crippen LogP contribution is 2.29. The second-order valence-electron chi connectivity index (χ2n) is 4.93. The van der Waals surface area contributed by atoms with Crippen LogP contribution in [0.3, 0.4) is 0 Å². The second kappa shape index (κ2) is 6.86. The fraction of sp³-hybridized carbons (Fsp3) is 0.0625. The number of hydrazone groups is 1. The number of aromatic nitrogens is 2. The van der Waals surface area contributed by atoms with Gasteiger partial charge in [0, 0.05) is 5.56 Å². The van der Waals surface area contributed by atoms with Crippen LogP contribution in [0.2, 0.25) is 4.34 Å². The van der Waals surface area contributed by atoms with Crippen LogP contribution in [0.25, 0.3) is 10.6 Å². The summed E-state index contributed by atoms with van der Waals surface area (Å²) in [7, 11) is 0. The van der Waals surface area contributed by atoms with E-state index in [1.807, 2.05) is 6.07 Å². The number of halogens is 1. The lowest BCUT2D eigenvalue weighted by Gasteiger charge is -2.03. The van der Waals surface area contributed by atoms with Crippen LogP contribution in [-0.4, -0.2) is 26.9 Å². The minimum atomic E-state index is -0.449. The van der Waals surface area contributed by atoms with Gasteiger partial charge >= 0.3 is 0 Å². The van der Waals surface area contributed by atoms with E-state index in [0.717, 1.165) is 4.88 Å². The summed E-state index contributed by atoms with van der Waals surface area (Å²) in [6.45, 7) is 1.69. The maximum Gasteiger partial charge on any atom is 0.291 e. The average Bonchev–Trinajstić information content (AvgIpc) is 3.21. The molecule has 2 heterocycles. The molecule has 1 aromatic carbocycles. The van der Waals surface area contributed by atoms with E-state index in [4.69, 9.17) is 11.6 Å². The van der Waals surface area contributed by atoms with Crippen molar-refractivity contribution in [3.8, 4) is 16.3 Å². The van der Waals surface area contributed by atoms with E-state index in [1.54, 1.807) is 43.3 Å². The zero-order chi connectivity index (χ0) is 17.1. The number of hydrogen-bond donors (Lipinski definition) is 3. The van der Waals surface area contributed by atoms with Crippen molar-refractivity contribution in [2.75, 3.05) is 0 Å². The number of aromatic hydroxyl groups is 1. The lowest BCUT2D eigenvalue weighted by molar-refractivity contribution is 0.0950. The summed E-state index contributed by atoms with van der Waals surface area (Å²) in [4.78, 5) is 13.0. The van der Waals surface area contributed by atoms with Crippen molar-refractivity contribution < 1.29 is 9.90 Å². The molecule has 1 amide bonds. The van der Waals surface area contributed by atoms with E-state index in [9.17, 15) is 9.90 Å². The summed E-state index contributed by atoms with van der Waals surface area (Å²) in [6.07, 6.45) is 0. The van der Waals surface area contributed by atoms with Gasteiger partial charge in [0.1, 0.15) is 5.75 Å². The number of amides is 1. The molecule has 0 aliphatic rings. The van der Waals surface area contributed by atoms with E-state index >= 15 is 0 Å². The first-order chi connectivity index (χ1) is 11.5. The van der Waals surface area contributed by atoms with Gasteiger partial charge in [0.15, 0.2) is 5.69 Å². The first-order valence-electron chi connectivity index (χ1n) is 6.98. The van der Waals surface area contributed by atoms with Gasteiger partial charge in [-0.3, -0.25) is 9.89 Å². The predicted molar refractivity (Wildman–Crippen MR) is 94.7 cm³/mol. The van der Waals surface area contributed by atoms with Gasteiger partial charge in [-0.05, 0) is 37.3 Å². The quantitative estimate of drug-likeness (QED) is 0.490. The zero-order valence-electron chi connectivity index (χ0n) is 12.6. The van der Waals surface area contributed by atoms with Gasteiger partial charge in [0.2, 0.25) is 0 Å². The monoisotopic (exact) mass is 360 g/mol. The number of para-hydroxylation sites is 1. The normalized spacial score (nSPS) is 11.5. The van der Waals surface area contributed by atoms with Crippen LogP contribution in [0.15, 0.2) is 47.6 Å². The molecule has 0 spiro atoms. The molecule has 0 saturated heterocycles. The van der Waals surface area contributed by atoms with Gasteiger partial charge in [-0.1, -0.05) is 23.7 Å². The lowest BCUT2D eigenvalue weighted by Crippen LogP contribution is -2.19. The molecule has 2 aromatic heterocycles. The maximum atomic E-state index is 12.1. The van der Waals surface area contributed by atoms with Crippen LogP contribution in [0.1, 0.15) is 23.0 Å². The van der Waals surface area contributed by atoms with Gasteiger partial charge in [0.05, 0.1) is 20.6 Å². The van der Waals surface area contributed by atoms with Crippen LogP contribution < -0.4 is 5.43 Å². The fourth-order valence-electron chi connectivity index (χ4n) is 2.06. The van der Waals surface area contributed by atoms with E-state index < -0.39 is 5.91 Å². The highest BCUT2D eigenvalue weighted by Gasteiger charge is 2.12. The van der Waals surface area contributed by atoms with Gasteiger partial charge in [0.25, 0.3) is 5.91 Å². The molecule has 3 aromatic rings. The first-order valence-corrected chi connectivity index (χ1v) is 8.18. The molecule has 0 saturated carbocycles. The van der Waals surface area contributed by atoms with Crippen molar-refractivity contribution in [1.82, 2.24) is 15.6 Å². The summed E-state index contributed by atoms with van der Waals surface area (Å²) < 4.78 is 0.661. The highest BCUT2D eigenvalue weighted by molar-refractivity contribution is 7.19. The number of thiophene rings is 1. The smallest absolute Gasteiger partial charge is 0.291 e. The van der Waals surface area contributed by atoms with Crippen LogP contribution in [-0.2, 0) is 0 Å². The summed E-state index contributed by atoms with van der Waals surface area (Å²) in [5.41, 5.74) is 4.38. The Morgan fingerprint density at radius 1 is 1.33 bits per heavy atom. The molecule has 0 aliphatic heterocycles. The van der Waals surface area contributed by atoms with Gasteiger partial charge in [-0.2, -0.15) is 10.2 Å². The van der Waals surface area contributed by atoms with E-state index in [-0.39, 0.29) is 11.4 Å². The molecular formula is C16H13ClN4O2S. The molecule has 0 fully saturated rings. The number of phenols is 1. The Morgan fingerprint density at radius 2 is 2.12 bits per heavy atom. The van der Waals surface area contributed by atoms with Crippen molar-refractivity contribution >= 4 is 34.6 Å². The number of hydrogen-bond acceptors (Lipinski definition) is 5. The molecule has 3 rings (SSSR count). The molecule has 24 heavy (non-hydrogen) atoms. The van der Waals surface area contributed by atoms with Gasteiger partial charge < -0.3 is 5.11 Å². The number of rotatable bonds is 4. The topological polar surface area (TPSA) is 90.4 Å². The van der Waals surface area contributed by atoms with E-state index in [1.165, 1.54) is 11.3 Å². The number of aromatic amines is 1. The third kappa shape index (κ3) is 3.47. The number of carbonyl (C=O) groups is 1. The highest BCUT2D eigenvalue weighted by atomic mass is 35.5. The standard InChI is InChI=1S/C16H13ClN4O2S/c1-9(10-4-2-3-5-13(10)22)18-21-16(23)12-8-11(19-20-12)14-6-7-15(17)24-14/h2-8,22H,1H3,(H,19,20)(H,21,23). The SMILES string of the molecule is CC(=NNC(=O)c1cc(-c2ccc(Cl)s2)[nH]n1)c1ccccc1O. The number of benzene rings is 1. The van der Waals surface area contributed by atoms with Crippen molar-refractivity contribution in [2.24, 2.45) is 5.10 Å². The van der Waals surface area contributed by atoms with Crippen LogP contribution in [0.5, 0.6) is 5.75 Å². The Bertz CT molecular complexity index is 916. The molecule has 0 atom stereocenters. The summed E-state index contributed by atoms with van der Waals surface area (Å²) in [5, 5.41) is 20.6. The third-order valence-electron chi connectivity index (χ3n) is 3.27.